The van der Waals surface area contributed by atoms with Crippen LogP contribution in [0.1, 0.15) is 25.0 Å². The molecule has 0 aliphatic heterocycles. The normalized spacial score (nSPS) is 14.9. The van der Waals surface area contributed by atoms with E-state index >= 15 is 0 Å². The SMILES string of the molecule is CCOCC(C)(O)c1ccc(C)c(F)c1F. The van der Waals surface area contributed by atoms with Gasteiger partial charge in [-0.3, -0.25) is 0 Å². The van der Waals surface area contributed by atoms with Crippen LogP contribution in [0.15, 0.2) is 12.1 Å². The Hall–Kier alpha value is -1.00. The summed E-state index contributed by atoms with van der Waals surface area (Å²) >= 11 is 0. The van der Waals surface area contributed by atoms with Crippen molar-refractivity contribution in [2.45, 2.75) is 26.4 Å². The van der Waals surface area contributed by atoms with Gasteiger partial charge in [0.15, 0.2) is 11.6 Å². The Morgan fingerprint density at radius 1 is 1.31 bits per heavy atom. The lowest BCUT2D eigenvalue weighted by atomic mass is 9.95. The summed E-state index contributed by atoms with van der Waals surface area (Å²) < 4.78 is 32.0. The van der Waals surface area contributed by atoms with Gasteiger partial charge in [0.1, 0.15) is 5.60 Å². The topological polar surface area (TPSA) is 29.5 Å². The van der Waals surface area contributed by atoms with Crippen LogP contribution in [-0.4, -0.2) is 18.3 Å². The molecule has 0 radical (unpaired) electrons. The summed E-state index contributed by atoms with van der Waals surface area (Å²) in [5, 5.41) is 9.98. The van der Waals surface area contributed by atoms with Crippen LogP contribution in [0.25, 0.3) is 0 Å². The van der Waals surface area contributed by atoms with Crippen LogP contribution in [0.2, 0.25) is 0 Å². The molecule has 0 saturated carbocycles. The van der Waals surface area contributed by atoms with Crippen molar-refractivity contribution in [2.75, 3.05) is 13.2 Å². The van der Waals surface area contributed by atoms with Crippen molar-refractivity contribution in [1.82, 2.24) is 0 Å². The molecule has 0 fully saturated rings. The second-order valence-electron chi connectivity index (χ2n) is 3.97. The van der Waals surface area contributed by atoms with Gasteiger partial charge in [0.05, 0.1) is 6.61 Å². The van der Waals surface area contributed by atoms with Gasteiger partial charge in [0, 0.05) is 12.2 Å². The van der Waals surface area contributed by atoms with Gasteiger partial charge < -0.3 is 9.84 Å². The molecule has 1 unspecified atom stereocenters. The average Bonchev–Trinajstić information content (AvgIpc) is 2.23. The van der Waals surface area contributed by atoms with Crippen LogP contribution in [0.4, 0.5) is 8.78 Å². The van der Waals surface area contributed by atoms with Gasteiger partial charge in [-0.2, -0.15) is 0 Å². The molecule has 1 N–H and O–H groups in total. The van der Waals surface area contributed by atoms with Crippen molar-refractivity contribution in [3.05, 3.63) is 34.9 Å². The third-order valence-electron chi connectivity index (χ3n) is 2.44. The lowest BCUT2D eigenvalue weighted by Gasteiger charge is -2.24. The first-order chi connectivity index (χ1) is 7.40. The summed E-state index contributed by atoms with van der Waals surface area (Å²) in [4.78, 5) is 0. The molecular formula is C12H16F2O2. The number of ether oxygens (including phenoxy) is 1. The lowest BCUT2D eigenvalue weighted by molar-refractivity contribution is -0.0368. The first kappa shape index (κ1) is 13.1. The van der Waals surface area contributed by atoms with E-state index in [1.54, 1.807) is 6.92 Å². The molecule has 0 aliphatic rings. The summed E-state index contributed by atoms with van der Waals surface area (Å²) in [6, 6.07) is 2.82. The Morgan fingerprint density at radius 3 is 2.50 bits per heavy atom. The highest BCUT2D eigenvalue weighted by atomic mass is 19.2. The zero-order valence-electron chi connectivity index (χ0n) is 9.68. The number of hydrogen-bond donors (Lipinski definition) is 1. The maximum atomic E-state index is 13.6. The van der Waals surface area contributed by atoms with Crippen LogP contribution in [0.3, 0.4) is 0 Å². The summed E-state index contributed by atoms with van der Waals surface area (Å²) in [5.74, 6) is -1.93. The molecule has 1 rings (SSSR count). The molecule has 16 heavy (non-hydrogen) atoms. The summed E-state index contributed by atoms with van der Waals surface area (Å²) in [5.41, 5.74) is -1.38. The smallest absolute Gasteiger partial charge is 0.165 e. The highest BCUT2D eigenvalue weighted by molar-refractivity contribution is 5.29. The largest absolute Gasteiger partial charge is 0.383 e. The average molecular weight is 230 g/mol. The second kappa shape index (κ2) is 4.89. The van der Waals surface area contributed by atoms with Gasteiger partial charge in [0.2, 0.25) is 0 Å². The molecular weight excluding hydrogens is 214 g/mol. The predicted molar refractivity (Wildman–Crippen MR) is 57.2 cm³/mol. The molecule has 2 nitrogen and oxygen atoms in total. The fraction of sp³-hybridized carbons (Fsp3) is 0.500. The Morgan fingerprint density at radius 2 is 1.94 bits per heavy atom. The van der Waals surface area contributed by atoms with Crippen molar-refractivity contribution in [2.24, 2.45) is 0 Å². The van der Waals surface area contributed by atoms with Gasteiger partial charge >= 0.3 is 0 Å². The van der Waals surface area contributed by atoms with E-state index in [4.69, 9.17) is 4.74 Å². The van der Waals surface area contributed by atoms with Gasteiger partial charge in [0.25, 0.3) is 0 Å². The summed E-state index contributed by atoms with van der Waals surface area (Å²) in [7, 11) is 0. The van der Waals surface area contributed by atoms with Gasteiger partial charge in [-0.15, -0.1) is 0 Å². The highest BCUT2D eigenvalue weighted by Gasteiger charge is 2.28. The van der Waals surface area contributed by atoms with Crippen LogP contribution >= 0.6 is 0 Å². The van der Waals surface area contributed by atoms with Crippen LogP contribution in [0, 0.1) is 18.6 Å². The number of aliphatic hydroxyl groups is 1. The van der Waals surface area contributed by atoms with E-state index in [9.17, 15) is 13.9 Å². The third kappa shape index (κ3) is 2.57. The van der Waals surface area contributed by atoms with Crippen molar-refractivity contribution in [1.29, 1.82) is 0 Å². The lowest BCUT2D eigenvalue weighted by Crippen LogP contribution is -2.29. The number of rotatable bonds is 4. The molecule has 0 saturated heterocycles. The third-order valence-corrected chi connectivity index (χ3v) is 2.44. The predicted octanol–water partition coefficient (Wildman–Crippen LogP) is 2.52. The van der Waals surface area contributed by atoms with Crippen LogP contribution in [-0.2, 0) is 10.3 Å². The van der Waals surface area contributed by atoms with Crippen molar-refractivity contribution < 1.29 is 18.6 Å². The minimum Gasteiger partial charge on any atom is -0.383 e. The van der Waals surface area contributed by atoms with Crippen molar-refractivity contribution >= 4 is 0 Å². The van der Waals surface area contributed by atoms with Crippen LogP contribution in [0.5, 0.6) is 0 Å². The minimum atomic E-state index is -1.52. The van der Waals surface area contributed by atoms with E-state index in [-0.39, 0.29) is 17.7 Å². The van der Waals surface area contributed by atoms with E-state index < -0.39 is 17.2 Å². The van der Waals surface area contributed by atoms with Crippen LogP contribution < -0.4 is 0 Å². The monoisotopic (exact) mass is 230 g/mol. The van der Waals surface area contributed by atoms with Gasteiger partial charge in [-0.1, -0.05) is 12.1 Å². The maximum absolute atomic E-state index is 13.6. The zero-order valence-corrected chi connectivity index (χ0v) is 9.68. The van der Waals surface area contributed by atoms with E-state index in [0.717, 1.165) is 0 Å². The maximum Gasteiger partial charge on any atom is 0.165 e. The molecule has 4 heteroatoms. The molecule has 1 atom stereocenters. The summed E-state index contributed by atoms with van der Waals surface area (Å²) in [6.07, 6.45) is 0. The Bertz CT molecular complexity index is 376. The molecule has 0 spiro atoms. The highest BCUT2D eigenvalue weighted by Crippen LogP contribution is 2.26. The first-order valence-corrected chi connectivity index (χ1v) is 5.15. The number of aryl methyl sites for hydroxylation is 1. The molecule has 0 bridgehead atoms. The van der Waals surface area contributed by atoms with E-state index in [0.29, 0.717) is 6.61 Å². The Kier molecular flexibility index (Phi) is 3.99. The minimum absolute atomic E-state index is 0.0665. The molecule has 90 valence electrons. The molecule has 1 aromatic carbocycles. The fourth-order valence-corrected chi connectivity index (χ4v) is 1.44. The standard InChI is InChI=1S/C12H16F2O2/c1-4-16-7-12(3,15)9-6-5-8(2)10(13)11(9)14/h5-6,15H,4,7H2,1-3H3. The van der Waals surface area contributed by atoms with Crippen molar-refractivity contribution in [3.8, 4) is 0 Å². The zero-order chi connectivity index (χ0) is 12.3. The van der Waals surface area contributed by atoms with Gasteiger partial charge in [-0.05, 0) is 26.3 Å². The molecule has 0 amide bonds. The van der Waals surface area contributed by atoms with E-state index in [1.807, 2.05) is 0 Å². The molecule has 1 aromatic rings. The number of benzene rings is 1. The molecule has 0 heterocycles. The Balaban J connectivity index is 3.08. The quantitative estimate of drug-likeness (QED) is 0.861. The van der Waals surface area contributed by atoms with E-state index in [1.165, 1.54) is 26.0 Å². The number of halogens is 2. The first-order valence-electron chi connectivity index (χ1n) is 5.15. The van der Waals surface area contributed by atoms with E-state index in [2.05, 4.69) is 0 Å². The Labute approximate surface area is 93.9 Å². The number of hydrogen-bond acceptors (Lipinski definition) is 2. The van der Waals surface area contributed by atoms with Gasteiger partial charge in [-0.25, -0.2) is 8.78 Å². The molecule has 0 aliphatic carbocycles. The summed E-state index contributed by atoms with van der Waals surface area (Å²) in [6.45, 7) is 4.98. The van der Waals surface area contributed by atoms with Crippen molar-refractivity contribution in [3.63, 3.8) is 0 Å². The molecule has 0 aromatic heterocycles. The fourth-order valence-electron chi connectivity index (χ4n) is 1.44. The second-order valence-corrected chi connectivity index (χ2v) is 3.97.